The van der Waals surface area contributed by atoms with Crippen molar-refractivity contribution >= 4 is 41.1 Å². The average molecular weight is 482 g/mol. The summed E-state index contributed by atoms with van der Waals surface area (Å²) < 4.78 is 5.28. The maximum absolute atomic E-state index is 13.1. The first-order valence-corrected chi connectivity index (χ1v) is 11.1. The lowest BCUT2D eigenvalue weighted by atomic mass is 9.83. The molecule has 0 saturated carbocycles. The Kier molecular flexibility index (Phi) is 6.87. The van der Waals surface area contributed by atoms with E-state index < -0.39 is 23.9 Å². The maximum Gasteiger partial charge on any atom is 0.355 e. The van der Waals surface area contributed by atoms with Gasteiger partial charge in [0.05, 0.1) is 11.3 Å². The molecule has 0 aliphatic heterocycles. The minimum absolute atomic E-state index is 0.0796. The van der Waals surface area contributed by atoms with E-state index in [2.05, 4.69) is 10.6 Å². The number of hydrogen-bond acceptors (Lipinski definition) is 6. The molecule has 0 saturated heterocycles. The summed E-state index contributed by atoms with van der Waals surface area (Å²) in [6.45, 7) is 2.61. The molecule has 0 fully saturated rings. The highest BCUT2D eigenvalue weighted by atomic mass is 16.5. The van der Waals surface area contributed by atoms with Gasteiger partial charge < -0.3 is 15.4 Å². The van der Waals surface area contributed by atoms with Gasteiger partial charge in [-0.3, -0.25) is 19.2 Å². The monoisotopic (exact) mass is 482 g/mol. The molecule has 0 heterocycles. The molecule has 0 bridgehead atoms. The van der Waals surface area contributed by atoms with Crippen LogP contribution in [0, 0.1) is 0 Å². The van der Waals surface area contributed by atoms with Crippen LogP contribution in [-0.2, 0) is 19.1 Å². The molecule has 3 aromatic rings. The zero-order chi connectivity index (χ0) is 25.8. The second-order valence-corrected chi connectivity index (χ2v) is 8.12. The number of nitrogens with one attached hydrogen (secondary N) is 2. The highest BCUT2D eigenvalue weighted by Gasteiger charge is 2.32. The molecule has 1 atom stereocenters. The van der Waals surface area contributed by atoms with Crippen molar-refractivity contribution in [2.45, 2.75) is 20.0 Å². The van der Waals surface area contributed by atoms with Gasteiger partial charge in [-0.15, -0.1) is 0 Å². The van der Waals surface area contributed by atoms with Gasteiger partial charge in [0.15, 0.2) is 17.7 Å². The summed E-state index contributed by atoms with van der Waals surface area (Å²) in [5.41, 5.74) is 1.46. The van der Waals surface area contributed by atoms with Crippen molar-refractivity contribution in [3.05, 3.63) is 106 Å². The predicted octanol–water partition coefficient (Wildman–Crippen LogP) is 3.51. The molecule has 1 aliphatic carbocycles. The Morgan fingerprint density at radius 2 is 1.42 bits per heavy atom. The molecule has 36 heavy (non-hydrogen) atoms. The van der Waals surface area contributed by atoms with Crippen molar-refractivity contribution in [2.24, 2.45) is 0 Å². The number of anilines is 1. The number of esters is 1. The van der Waals surface area contributed by atoms with Crippen LogP contribution in [0.2, 0.25) is 0 Å². The summed E-state index contributed by atoms with van der Waals surface area (Å²) in [5.74, 6) is -2.81. The highest BCUT2D eigenvalue weighted by molar-refractivity contribution is 6.30. The van der Waals surface area contributed by atoms with E-state index in [9.17, 15) is 24.0 Å². The molecule has 0 spiro atoms. The van der Waals surface area contributed by atoms with Crippen molar-refractivity contribution < 1.29 is 28.7 Å². The Morgan fingerprint density at radius 1 is 0.806 bits per heavy atom. The van der Waals surface area contributed by atoms with Gasteiger partial charge >= 0.3 is 5.97 Å². The maximum atomic E-state index is 13.1. The van der Waals surface area contributed by atoms with Gasteiger partial charge in [-0.2, -0.15) is 0 Å². The van der Waals surface area contributed by atoms with Crippen molar-refractivity contribution in [3.63, 3.8) is 0 Å². The molecule has 2 amide bonds. The lowest BCUT2D eigenvalue weighted by molar-refractivity contribution is -0.149. The van der Waals surface area contributed by atoms with E-state index in [0.29, 0.717) is 11.1 Å². The number of rotatable bonds is 6. The van der Waals surface area contributed by atoms with Crippen molar-refractivity contribution in [2.75, 3.05) is 5.32 Å². The minimum Gasteiger partial charge on any atom is -0.448 e. The fourth-order valence-electron chi connectivity index (χ4n) is 3.81. The molecular weight excluding hydrogens is 460 g/mol. The number of amides is 2. The van der Waals surface area contributed by atoms with Gasteiger partial charge in [0, 0.05) is 23.6 Å². The quantitative estimate of drug-likeness (QED) is 0.321. The van der Waals surface area contributed by atoms with Crippen LogP contribution in [0.3, 0.4) is 0 Å². The fraction of sp³-hybridized carbons (Fsp3) is 0.107. The van der Waals surface area contributed by atoms with Gasteiger partial charge in [0.2, 0.25) is 5.91 Å². The first kappa shape index (κ1) is 24.3. The van der Waals surface area contributed by atoms with Crippen LogP contribution in [0.15, 0.2) is 78.5 Å². The average Bonchev–Trinajstić information content (AvgIpc) is 2.87. The van der Waals surface area contributed by atoms with Crippen LogP contribution in [0.4, 0.5) is 5.69 Å². The molecule has 0 aromatic heterocycles. The van der Waals surface area contributed by atoms with Gasteiger partial charge in [0.25, 0.3) is 5.91 Å². The largest absolute Gasteiger partial charge is 0.448 e. The third kappa shape index (κ3) is 4.97. The van der Waals surface area contributed by atoms with Crippen molar-refractivity contribution in [3.8, 4) is 0 Å². The summed E-state index contributed by atoms with van der Waals surface area (Å²) in [4.78, 5) is 63.2. The Bertz CT molecular complexity index is 1420. The number of fused-ring (bicyclic) bond motifs is 2. The van der Waals surface area contributed by atoms with Crippen LogP contribution in [0.25, 0.3) is 6.08 Å². The topological polar surface area (TPSA) is 119 Å². The van der Waals surface area contributed by atoms with E-state index in [1.807, 2.05) is 0 Å². The molecule has 4 rings (SSSR count). The van der Waals surface area contributed by atoms with E-state index in [1.54, 1.807) is 60.7 Å². The first-order valence-electron chi connectivity index (χ1n) is 11.1. The summed E-state index contributed by atoms with van der Waals surface area (Å²) in [6, 6.07) is 19.9. The molecule has 180 valence electrons. The lowest BCUT2D eigenvalue weighted by Gasteiger charge is -2.21. The molecule has 8 nitrogen and oxygen atoms in total. The van der Waals surface area contributed by atoms with Crippen LogP contribution >= 0.6 is 0 Å². The Morgan fingerprint density at radius 3 is 2.08 bits per heavy atom. The lowest BCUT2D eigenvalue weighted by Crippen LogP contribution is -2.34. The second kappa shape index (κ2) is 10.2. The van der Waals surface area contributed by atoms with E-state index in [1.165, 1.54) is 32.1 Å². The number of benzene rings is 3. The number of carbonyl (C=O) groups is 5. The summed E-state index contributed by atoms with van der Waals surface area (Å²) >= 11 is 0. The Balaban J connectivity index is 1.54. The normalized spacial score (nSPS) is 13.2. The minimum atomic E-state index is -1.28. The first-order chi connectivity index (χ1) is 17.3. The van der Waals surface area contributed by atoms with Gasteiger partial charge in [0.1, 0.15) is 5.70 Å². The number of ether oxygens (including phenoxy) is 1. The van der Waals surface area contributed by atoms with Crippen LogP contribution in [0.5, 0.6) is 0 Å². The summed E-state index contributed by atoms with van der Waals surface area (Å²) in [6.07, 6.45) is 0.159. The molecular formula is C28H22N2O6. The number of carbonyl (C=O) groups excluding carboxylic acids is 5. The number of hydrogen-bond donors (Lipinski definition) is 2. The zero-order valence-electron chi connectivity index (χ0n) is 19.5. The summed E-state index contributed by atoms with van der Waals surface area (Å²) in [5, 5.41) is 5.01. The zero-order valence-corrected chi connectivity index (χ0v) is 19.5. The Labute approximate surface area is 207 Å². The molecule has 1 aliphatic rings. The van der Waals surface area contributed by atoms with Gasteiger partial charge in [-0.25, -0.2) is 4.79 Å². The van der Waals surface area contributed by atoms with Crippen LogP contribution in [0.1, 0.15) is 51.3 Å². The van der Waals surface area contributed by atoms with Crippen LogP contribution < -0.4 is 10.6 Å². The summed E-state index contributed by atoms with van der Waals surface area (Å²) in [7, 11) is 0. The molecule has 2 N–H and O–H groups in total. The van der Waals surface area contributed by atoms with Crippen molar-refractivity contribution in [1.82, 2.24) is 5.32 Å². The number of ketones is 2. The van der Waals surface area contributed by atoms with Crippen molar-refractivity contribution in [1.29, 1.82) is 0 Å². The highest BCUT2D eigenvalue weighted by Crippen LogP contribution is 2.32. The second-order valence-electron chi connectivity index (χ2n) is 8.12. The Hall–Kier alpha value is -4.85. The van der Waals surface area contributed by atoms with E-state index >= 15 is 0 Å². The molecule has 8 heteroatoms. The van der Waals surface area contributed by atoms with E-state index in [0.717, 1.165) is 0 Å². The SMILES string of the molecule is CC(=O)N/C(=C\c1ccccc1)C(=O)OC(C)C(=O)Nc1cccc2c1C(=O)c1ccccc1C2=O. The van der Waals surface area contributed by atoms with Gasteiger partial charge in [-0.1, -0.05) is 66.7 Å². The molecule has 3 aromatic carbocycles. The molecule has 1 unspecified atom stereocenters. The smallest absolute Gasteiger partial charge is 0.355 e. The van der Waals surface area contributed by atoms with Gasteiger partial charge in [-0.05, 0) is 24.6 Å². The van der Waals surface area contributed by atoms with Crippen LogP contribution in [-0.4, -0.2) is 35.5 Å². The fourth-order valence-corrected chi connectivity index (χ4v) is 3.81. The van der Waals surface area contributed by atoms with E-state index in [-0.39, 0.29) is 39.6 Å². The van der Waals surface area contributed by atoms with E-state index in [4.69, 9.17) is 4.74 Å². The standard InChI is InChI=1S/C28H22N2O6/c1-16(36-28(35)23(29-17(2)31)15-18-9-4-3-5-10-18)27(34)30-22-14-8-13-21-24(22)26(33)20-12-7-6-11-19(20)25(21)32/h3-16H,1-2H3,(H,29,31)(H,30,34)/b23-15-. The predicted molar refractivity (Wildman–Crippen MR) is 132 cm³/mol. The molecule has 0 radical (unpaired) electrons. The third-order valence-electron chi connectivity index (χ3n) is 5.50. The third-order valence-corrected chi connectivity index (χ3v) is 5.50.